The molecule has 1 aliphatic carbocycles. The summed E-state index contributed by atoms with van der Waals surface area (Å²) in [6, 6.07) is 3.50. The van der Waals surface area contributed by atoms with Crippen LogP contribution in [0.1, 0.15) is 37.8 Å². The molecular weight excluding hydrogens is 233 g/mol. The number of rotatable bonds is 4. The molecule has 100 valence electrons. The van der Waals surface area contributed by atoms with E-state index in [9.17, 15) is 4.39 Å². The van der Waals surface area contributed by atoms with Gasteiger partial charge in [0.1, 0.15) is 17.2 Å². The molecule has 2 N–H and O–H groups in total. The predicted octanol–water partition coefficient (Wildman–Crippen LogP) is 2.86. The molecule has 0 unspecified atom stereocenters. The van der Waals surface area contributed by atoms with Crippen LogP contribution in [-0.2, 0) is 11.2 Å². The Morgan fingerprint density at radius 2 is 1.72 bits per heavy atom. The number of hydrogen-bond acceptors (Lipinski definition) is 3. The van der Waals surface area contributed by atoms with Crippen LogP contribution < -0.4 is 15.2 Å². The average Bonchev–Trinajstić information content (AvgIpc) is 3.05. The van der Waals surface area contributed by atoms with Crippen molar-refractivity contribution in [2.75, 3.05) is 14.2 Å². The Labute approximate surface area is 107 Å². The minimum atomic E-state index is -1.48. The molecule has 0 aliphatic heterocycles. The van der Waals surface area contributed by atoms with Crippen LogP contribution in [0.5, 0.6) is 11.5 Å². The van der Waals surface area contributed by atoms with Crippen molar-refractivity contribution in [1.82, 2.24) is 0 Å². The van der Waals surface area contributed by atoms with Gasteiger partial charge in [0.15, 0.2) is 0 Å². The van der Waals surface area contributed by atoms with Crippen molar-refractivity contribution in [2.45, 2.75) is 37.9 Å². The van der Waals surface area contributed by atoms with E-state index in [1.54, 1.807) is 13.2 Å². The number of hydrogen-bond donors (Lipinski definition) is 1. The van der Waals surface area contributed by atoms with E-state index in [4.69, 9.17) is 15.2 Å². The second-order valence-corrected chi connectivity index (χ2v) is 5.38. The first kappa shape index (κ1) is 13.1. The maximum Gasteiger partial charge on any atom is 0.134 e. The minimum absolute atomic E-state index is 0.336. The lowest BCUT2D eigenvalue weighted by Gasteiger charge is -2.23. The second kappa shape index (κ2) is 4.12. The summed E-state index contributed by atoms with van der Waals surface area (Å²) >= 11 is 0. The Kier molecular flexibility index (Phi) is 3.01. The van der Waals surface area contributed by atoms with E-state index in [1.165, 1.54) is 21.0 Å². The average molecular weight is 253 g/mol. The van der Waals surface area contributed by atoms with E-state index in [2.05, 4.69) is 0 Å². The van der Waals surface area contributed by atoms with E-state index >= 15 is 0 Å². The molecule has 1 aliphatic rings. The van der Waals surface area contributed by atoms with Crippen molar-refractivity contribution >= 4 is 0 Å². The summed E-state index contributed by atoms with van der Waals surface area (Å²) in [6.07, 6.45) is 1.84. The van der Waals surface area contributed by atoms with Gasteiger partial charge < -0.3 is 15.2 Å². The summed E-state index contributed by atoms with van der Waals surface area (Å²) in [5.41, 5.74) is 5.76. The zero-order valence-corrected chi connectivity index (χ0v) is 11.3. The smallest absolute Gasteiger partial charge is 0.134 e. The Morgan fingerprint density at radius 3 is 2.11 bits per heavy atom. The van der Waals surface area contributed by atoms with Crippen molar-refractivity contribution < 1.29 is 13.9 Å². The molecule has 0 bridgehead atoms. The van der Waals surface area contributed by atoms with E-state index in [0.717, 1.165) is 18.4 Å². The van der Waals surface area contributed by atoms with Crippen molar-refractivity contribution in [3.8, 4) is 11.5 Å². The van der Waals surface area contributed by atoms with Crippen LogP contribution in [0, 0.1) is 0 Å². The largest absolute Gasteiger partial charge is 0.496 e. The van der Waals surface area contributed by atoms with Crippen LogP contribution in [0.4, 0.5) is 4.39 Å². The van der Waals surface area contributed by atoms with Gasteiger partial charge in [-0.2, -0.15) is 0 Å². The highest BCUT2D eigenvalue weighted by atomic mass is 19.1. The number of nitrogens with two attached hydrogens (primary N) is 1. The summed E-state index contributed by atoms with van der Waals surface area (Å²) in [5, 5.41) is 0. The van der Waals surface area contributed by atoms with Gasteiger partial charge in [0.05, 0.1) is 14.2 Å². The van der Waals surface area contributed by atoms with Crippen molar-refractivity contribution in [2.24, 2.45) is 5.73 Å². The van der Waals surface area contributed by atoms with Gasteiger partial charge in [0, 0.05) is 16.7 Å². The molecule has 2 rings (SSSR count). The van der Waals surface area contributed by atoms with E-state index in [-0.39, 0.29) is 5.54 Å². The van der Waals surface area contributed by atoms with Crippen molar-refractivity contribution in [3.05, 3.63) is 23.3 Å². The van der Waals surface area contributed by atoms with Crippen molar-refractivity contribution in [1.29, 1.82) is 0 Å². The van der Waals surface area contributed by atoms with E-state index < -0.39 is 5.67 Å². The Morgan fingerprint density at radius 1 is 1.17 bits per heavy atom. The summed E-state index contributed by atoms with van der Waals surface area (Å²) in [7, 11) is 3.11. The van der Waals surface area contributed by atoms with Gasteiger partial charge in [0.25, 0.3) is 0 Å². The number of benzene rings is 1. The molecule has 3 nitrogen and oxygen atoms in total. The van der Waals surface area contributed by atoms with Crippen LogP contribution in [0.25, 0.3) is 0 Å². The Bertz CT molecular complexity index is 429. The third-order valence-electron chi connectivity index (χ3n) is 3.49. The first-order valence-corrected chi connectivity index (χ1v) is 6.06. The molecule has 0 amide bonds. The maximum absolute atomic E-state index is 14.2. The van der Waals surface area contributed by atoms with Gasteiger partial charge in [-0.1, -0.05) is 0 Å². The third-order valence-corrected chi connectivity index (χ3v) is 3.49. The van der Waals surface area contributed by atoms with Gasteiger partial charge in [-0.3, -0.25) is 0 Å². The molecule has 0 saturated heterocycles. The number of methoxy groups -OCH3 is 2. The molecule has 0 heterocycles. The topological polar surface area (TPSA) is 44.5 Å². The molecule has 18 heavy (non-hydrogen) atoms. The number of ether oxygens (including phenoxy) is 2. The fourth-order valence-corrected chi connectivity index (χ4v) is 2.16. The van der Waals surface area contributed by atoms with E-state index in [0.29, 0.717) is 17.1 Å². The minimum Gasteiger partial charge on any atom is -0.496 e. The summed E-state index contributed by atoms with van der Waals surface area (Å²) in [4.78, 5) is 0. The van der Waals surface area contributed by atoms with Gasteiger partial charge in [0.2, 0.25) is 0 Å². The van der Waals surface area contributed by atoms with E-state index in [1.807, 2.05) is 6.07 Å². The molecular formula is C14H20FNO2. The molecule has 0 atom stereocenters. The van der Waals surface area contributed by atoms with Gasteiger partial charge >= 0.3 is 0 Å². The molecule has 4 heteroatoms. The zero-order valence-electron chi connectivity index (χ0n) is 11.3. The molecule has 1 aromatic carbocycles. The number of halogens is 1. The highest BCUT2D eigenvalue weighted by Crippen LogP contribution is 2.49. The first-order chi connectivity index (χ1) is 8.31. The highest BCUT2D eigenvalue weighted by Gasteiger charge is 2.43. The van der Waals surface area contributed by atoms with Gasteiger partial charge in [-0.15, -0.1) is 0 Å². The molecule has 0 spiro atoms. The molecule has 1 saturated carbocycles. The zero-order chi connectivity index (χ0) is 13.6. The van der Waals surface area contributed by atoms with Gasteiger partial charge in [-0.25, -0.2) is 4.39 Å². The van der Waals surface area contributed by atoms with Crippen molar-refractivity contribution in [3.63, 3.8) is 0 Å². The Hall–Kier alpha value is -1.29. The SMILES string of the molecule is COc1cc(C2(N)CC2)c(OC)cc1C(C)(C)F. The molecule has 1 fully saturated rings. The summed E-state index contributed by atoms with van der Waals surface area (Å²) in [5.74, 6) is 1.16. The summed E-state index contributed by atoms with van der Waals surface area (Å²) < 4.78 is 24.8. The maximum atomic E-state index is 14.2. The first-order valence-electron chi connectivity index (χ1n) is 6.06. The van der Waals surface area contributed by atoms with Crippen LogP contribution in [0.15, 0.2) is 12.1 Å². The predicted molar refractivity (Wildman–Crippen MR) is 68.8 cm³/mol. The molecule has 1 aromatic rings. The normalized spacial score (nSPS) is 17.4. The Balaban J connectivity index is 2.58. The van der Waals surface area contributed by atoms with Crippen LogP contribution in [0.3, 0.4) is 0 Å². The summed E-state index contributed by atoms with van der Waals surface area (Å²) in [6.45, 7) is 3.00. The quantitative estimate of drug-likeness (QED) is 0.897. The molecule has 0 aromatic heterocycles. The fourth-order valence-electron chi connectivity index (χ4n) is 2.16. The highest BCUT2D eigenvalue weighted by molar-refractivity contribution is 5.52. The molecule has 0 radical (unpaired) electrons. The standard InChI is InChI=1S/C14H20FNO2/c1-13(2,15)9-7-12(18-4)10(8-11(9)17-3)14(16)5-6-14/h7-8H,5-6,16H2,1-4H3. The fraction of sp³-hybridized carbons (Fsp3) is 0.571. The number of alkyl halides is 1. The lowest BCUT2D eigenvalue weighted by Crippen LogP contribution is -2.21. The van der Waals surface area contributed by atoms with Gasteiger partial charge in [-0.05, 0) is 38.8 Å². The monoisotopic (exact) mass is 253 g/mol. The lowest BCUT2D eigenvalue weighted by molar-refractivity contribution is 0.212. The van der Waals surface area contributed by atoms with Crippen LogP contribution in [-0.4, -0.2) is 14.2 Å². The second-order valence-electron chi connectivity index (χ2n) is 5.38. The lowest BCUT2D eigenvalue weighted by atomic mass is 9.94. The third kappa shape index (κ3) is 2.17. The van der Waals surface area contributed by atoms with Crippen LogP contribution >= 0.6 is 0 Å². The van der Waals surface area contributed by atoms with Crippen LogP contribution in [0.2, 0.25) is 0 Å².